The normalized spacial score (nSPS) is 11.7. The molecule has 6 nitrogen and oxygen atoms in total. The number of furan rings is 1. The monoisotopic (exact) mass is 284 g/mol. The zero-order valence-electron chi connectivity index (χ0n) is 10.4. The summed E-state index contributed by atoms with van der Waals surface area (Å²) in [5.41, 5.74) is 0.517. The maximum absolute atomic E-state index is 11.7. The van der Waals surface area contributed by atoms with Crippen LogP contribution in [0.3, 0.4) is 0 Å². The zero-order valence-corrected chi connectivity index (χ0v) is 11.2. The largest absolute Gasteiger partial charge is 0.497 e. The van der Waals surface area contributed by atoms with Gasteiger partial charge in [0.05, 0.1) is 13.4 Å². The van der Waals surface area contributed by atoms with Gasteiger partial charge in [-0.05, 0) is 24.3 Å². The van der Waals surface area contributed by atoms with Crippen molar-refractivity contribution >= 4 is 26.9 Å². The molecule has 0 saturated heterocycles. The fourth-order valence-electron chi connectivity index (χ4n) is 1.52. The van der Waals surface area contributed by atoms with E-state index in [-0.39, 0.29) is 5.76 Å². The van der Waals surface area contributed by atoms with Gasteiger partial charge in [0.1, 0.15) is 17.9 Å². The Morgan fingerprint density at radius 1 is 1.32 bits per heavy atom. The first-order chi connectivity index (χ1) is 8.89. The van der Waals surface area contributed by atoms with E-state index in [1.54, 1.807) is 18.2 Å². The molecule has 0 atom stereocenters. The van der Waals surface area contributed by atoms with Crippen molar-refractivity contribution in [2.24, 2.45) is 0 Å². The molecule has 0 N–H and O–H groups in total. The molecule has 1 aromatic heterocycles. The third-order valence-corrected chi connectivity index (χ3v) is 2.95. The Balaban J connectivity index is 2.23. The molecule has 0 fully saturated rings. The molecule has 0 bridgehead atoms. The number of hydrogen-bond donors (Lipinski definition) is 0. The fraction of sp³-hybridized carbons (Fsp3) is 0.250. The lowest BCUT2D eigenvalue weighted by Crippen LogP contribution is -2.12. The van der Waals surface area contributed by atoms with Gasteiger partial charge in [0.15, 0.2) is 5.76 Å². The quantitative estimate of drug-likeness (QED) is 0.612. The number of rotatable bonds is 5. The van der Waals surface area contributed by atoms with Crippen molar-refractivity contribution in [2.45, 2.75) is 0 Å². The van der Waals surface area contributed by atoms with Crippen molar-refractivity contribution in [3.63, 3.8) is 0 Å². The van der Waals surface area contributed by atoms with Gasteiger partial charge in [-0.2, -0.15) is 8.42 Å². The highest BCUT2D eigenvalue weighted by Gasteiger charge is 2.15. The van der Waals surface area contributed by atoms with Crippen molar-refractivity contribution < 1.29 is 26.5 Å². The Labute approximate surface area is 110 Å². The summed E-state index contributed by atoms with van der Waals surface area (Å²) in [6, 6.07) is 6.61. The standard InChI is InChI=1S/C12H12O6S/c1-16-9-3-4-11-8(5-9)6-12(18-11)10(13)7-17-19(2,14)15/h3-6H,7H2,1-2H3. The molecule has 0 radical (unpaired) electrons. The molecule has 2 rings (SSSR count). The van der Waals surface area contributed by atoms with Crippen LogP contribution in [-0.4, -0.2) is 34.2 Å². The Hall–Kier alpha value is -1.86. The van der Waals surface area contributed by atoms with E-state index >= 15 is 0 Å². The van der Waals surface area contributed by atoms with E-state index in [9.17, 15) is 13.2 Å². The highest BCUT2D eigenvalue weighted by Crippen LogP contribution is 2.24. The maximum Gasteiger partial charge on any atom is 0.264 e. The lowest BCUT2D eigenvalue weighted by molar-refractivity contribution is 0.0900. The minimum Gasteiger partial charge on any atom is -0.497 e. The summed E-state index contributed by atoms with van der Waals surface area (Å²) in [6.45, 7) is -0.574. The maximum atomic E-state index is 11.7. The summed E-state index contributed by atoms with van der Waals surface area (Å²) in [7, 11) is -2.12. The van der Waals surface area contributed by atoms with Crippen LogP contribution < -0.4 is 4.74 Å². The Kier molecular flexibility index (Phi) is 3.59. The third kappa shape index (κ3) is 3.33. The van der Waals surface area contributed by atoms with Gasteiger partial charge in [-0.15, -0.1) is 0 Å². The molecule has 0 amide bonds. The first kappa shape index (κ1) is 13.6. The average molecular weight is 284 g/mol. The number of hydrogen-bond acceptors (Lipinski definition) is 6. The van der Waals surface area contributed by atoms with Crippen LogP contribution in [-0.2, 0) is 14.3 Å². The Morgan fingerprint density at radius 3 is 2.68 bits per heavy atom. The molecular weight excluding hydrogens is 272 g/mol. The lowest BCUT2D eigenvalue weighted by atomic mass is 10.2. The highest BCUT2D eigenvalue weighted by atomic mass is 32.2. The van der Waals surface area contributed by atoms with E-state index in [0.29, 0.717) is 16.7 Å². The van der Waals surface area contributed by atoms with Crippen LogP contribution in [0.1, 0.15) is 10.6 Å². The van der Waals surface area contributed by atoms with E-state index in [1.165, 1.54) is 13.2 Å². The summed E-state index contributed by atoms with van der Waals surface area (Å²) in [4.78, 5) is 11.7. The van der Waals surface area contributed by atoms with Gasteiger partial charge in [-0.25, -0.2) is 0 Å². The summed E-state index contributed by atoms with van der Waals surface area (Å²) in [5.74, 6) is 0.146. The van der Waals surface area contributed by atoms with Crippen LogP contribution in [0.25, 0.3) is 11.0 Å². The molecule has 0 spiro atoms. The second-order valence-electron chi connectivity index (χ2n) is 3.90. The number of benzene rings is 1. The second kappa shape index (κ2) is 5.02. The first-order valence-electron chi connectivity index (χ1n) is 5.34. The molecule has 19 heavy (non-hydrogen) atoms. The molecule has 1 aromatic carbocycles. The van der Waals surface area contributed by atoms with Crippen molar-refractivity contribution in [2.75, 3.05) is 20.0 Å². The lowest BCUT2D eigenvalue weighted by Gasteiger charge is -1.97. The molecule has 0 unspecified atom stereocenters. The second-order valence-corrected chi connectivity index (χ2v) is 5.55. The van der Waals surface area contributed by atoms with Crippen LogP contribution >= 0.6 is 0 Å². The predicted octanol–water partition coefficient (Wildman–Crippen LogP) is 1.60. The van der Waals surface area contributed by atoms with Crippen molar-refractivity contribution in [3.05, 3.63) is 30.0 Å². The summed E-state index contributed by atoms with van der Waals surface area (Å²) >= 11 is 0. The third-order valence-electron chi connectivity index (χ3n) is 2.40. The summed E-state index contributed by atoms with van der Waals surface area (Å²) < 4.78 is 36.4. The van der Waals surface area contributed by atoms with Crippen LogP contribution in [0.2, 0.25) is 0 Å². The molecule has 0 aliphatic heterocycles. The van der Waals surface area contributed by atoms with Gasteiger partial charge in [0.25, 0.3) is 10.1 Å². The summed E-state index contributed by atoms with van der Waals surface area (Å²) in [5, 5.41) is 0.696. The highest BCUT2D eigenvalue weighted by molar-refractivity contribution is 7.86. The minimum absolute atomic E-state index is 0.0481. The predicted molar refractivity (Wildman–Crippen MR) is 67.9 cm³/mol. The summed E-state index contributed by atoms with van der Waals surface area (Å²) in [6.07, 6.45) is 0.879. The van der Waals surface area contributed by atoms with Gasteiger partial charge in [0.2, 0.25) is 5.78 Å². The Morgan fingerprint density at radius 2 is 2.05 bits per heavy atom. The van der Waals surface area contributed by atoms with E-state index < -0.39 is 22.5 Å². The van der Waals surface area contributed by atoms with Crippen molar-refractivity contribution in [3.8, 4) is 5.75 Å². The number of Topliss-reactive ketones (excluding diaryl/α,β-unsaturated/α-hetero) is 1. The van der Waals surface area contributed by atoms with E-state index in [1.807, 2.05) is 0 Å². The molecule has 0 aliphatic carbocycles. The Bertz CT molecular complexity index is 713. The molecule has 7 heteroatoms. The number of carbonyl (C=O) groups is 1. The topological polar surface area (TPSA) is 82.8 Å². The number of fused-ring (bicyclic) bond motifs is 1. The molecule has 2 aromatic rings. The van der Waals surface area contributed by atoms with Crippen molar-refractivity contribution in [1.29, 1.82) is 0 Å². The SMILES string of the molecule is COc1ccc2oc(C(=O)COS(C)(=O)=O)cc2c1. The van der Waals surface area contributed by atoms with Gasteiger partial charge >= 0.3 is 0 Å². The average Bonchev–Trinajstić information content (AvgIpc) is 2.77. The first-order valence-corrected chi connectivity index (χ1v) is 7.16. The van der Waals surface area contributed by atoms with Crippen LogP contribution in [0.5, 0.6) is 5.75 Å². The van der Waals surface area contributed by atoms with Gasteiger partial charge < -0.3 is 9.15 Å². The minimum atomic E-state index is -3.65. The number of ketones is 1. The number of ether oxygens (including phenoxy) is 1. The van der Waals surface area contributed by atoms with E-state index in [2.05, 4.69) is 4.18 Å². The molecule has 0 saturated carbocycles. The molecule has 1 heterocycles. The van der Waals surface area contributed by atoms with Gasteiger partial charge in [-0.1, -0.05) is 0 Å². The number of methoxy groups -OCH3 is 1. The number of carbonyl (C=O) groups excluding carboxylic acids is 1. The fourth-order valence-corrected chi connectivity index (χ4v) is 1.84. The molecule has 0 aliphatic rings. The van der Waals surface area contributed by atoms with Crippen molar-refractivity contribution in [1.82, 2.24) is 0 Å². The van der Waals surface area contributed by atoms with E-state index in [4.69, 9.17) is 9.15 Å². The van der Waals surface area contributed by atoms with Gasteiger partial charge in [0, 0.05) is 5.39 Å². The zero-order chi connectivity index (χ0) is 14.0. The van der Waals surface area contributed by atoms with E-state index in [0.717, 1.165) is 6.26 Å². The van der Waals surface area contributed by atoms with Crippen LogP contribution in [0, 0.1) is 0 Å². The molecule has 102 valence electrons. The van der Waals surface area contributed by atoms with Crippen LogP contribution in [0.15, 0.2) is 28.7 Å². The molecular formula is C12H12O6S. The van der Waals surface area contributed by atoms with Gasteiger partial charge in [-0.3, -0.25) is 8.98 Å². The smallest absolute Gasteiger partial charge is 0.264 e. The van der Waals surface area contributed by atoms with Crippen LogP contribution in [0.4, 0.5) is 0 Å².